The van der Waals surface area contributed by atoms with Crippen LogP contribution in [0.25, 0.3) is 33.0 Å². The number of nitrogens with zero attached hydrogens (tertiary/aromatic N) is 7. The second kappa shape index (κ2) is 31.5. The third-order valence-electron chi connectivity index (χ3n) is 16.4. The number of imidazole rings is 1. The fourth-order valence-corrected chi connectivity index (χ4v) is 16.2. The Hall–Kier alpha value is -7.66. The number of nitriles is 1. The van der Waals surface area contributed by atoms with Crippen molar-refractivity contribution in [2.75, 3.05) is 51.4 Å². The summed E-state index contributed by atoms with van der Waals surface area (Å²) in [5.41, 5.74) is 5.66. The van der Waals surface area contributed by atoms with E-state index in [0.717, 1.165) is 85.3 Å². The SMILES string of the molecule is COc1ccc(C(OC[C@H]2OC(n3c(SCCCCCSc4c5ccc(Cl)cc5nc5cc(OC)ccc45)nc4c(NC(=O)C(c5ccccc5)c5ccccc5)ncnc43)C[C@@H]2OP(OCCC#N)N(C(C)C)C(C)C)(c2ccccc2)c2ccc(OC)cc2)cc1. The molecule has 11 rings (SSSR count). The number of nitrogens with one attached hydrogen (secondary N) is 1. The third kappa shape index (κ3) is 15.3. The first-order chi connectivity index (χ1) is 45.4. The Balaban J connectivity index is 0.952. The lowest BCUT2D eigenvalue weighted by Crippen LogP contribution is -2.39. The fourth-order valence-electron chi connectivity index (χ4n) is 12.0. The number of unbranched alkanes of at least 4 members (excludes halogenated alkanes) is 2. The van der Waals surface area contributed by atoms with E-state index >= 15 is 0 Å². The predicted molar refractivity (Wildman–Crippen MR) is 372 cm³/mol. The number of pyridine rings is 1. The topological polar surface area (TPSA) is 177 Å². The largest absolute Gasteiger partial charge is 0.497 e. The molecule has 93 heavy (non-hydrogen) atoms. The molecule has 1 amide bonds. The Labute approximate surface area is 558 Å². The summed E-state index contributed by atoms with van der Waals surface area (Å²) in [6, 6.07) is 59.8. The third-order valence-corrected chi connectivity index (χ3v) is 21.0. The van der Waals surface area contributed by atoms with Gasteiger partial charge in [0.1, 0.15) is 41.5 Å². The lowest BCUT2D eigenvalue weighted by atomic mass is 9.80. The van der Waals surface area contributed by atoms with Crippen molar-refractivity contribution < 1.29 is 37.5 Å². The van der Waals surface area contributed by atoms with Gasteiger partial charge in [0.25, 0.3) is 8.53 Å². The first-order valence-electron chi connectivity index (χ1n) is 31.3. The van der Waals surface area contributed by atoms with Crippen LogP contribution in [0.5, 0.6) is 17.2 Å². The average molecular weight is 1320 g/mol. The van der Waals surface area contributed by atoms with E-state index in [0.29, 0.717) is 45.0 Å². The van der Waals surface area contributed by atoms with Crippen LogP contribution in [0.2, 0.25) is 5.02 Å². The van der Waals surface area contributed by atoms with E-state index < -0.39 is 38.5 Å². The Morgan fingerprint density at radius 1 is 0.720 bits per heavy atom. The van der Waals surface area contributed by atoms with Crippen LogP contribution in [0.15, 0.2) is 192 Å². The van der Waals surface area contributed by atoms with Gasteiger partial charge in [0.15, 0.2) is 22.1 Å². The van der Waals surface area contributed by atoms with Crippen molar-refractivity contribution in [1.29, 1.82) is 5.26 Å². The molecule has 0 aliphatic carbocycles. The van der Waals surface area contributed by atoms with Crippen LogP contribution in [-0.2, 0) is 28.9 Å². The highest BCUT2D eigenvalue weighted by atomic mass is 35.5. The van der Waals surface area contributed by atoms with E-state index in [1.807, 2.05) is 168 Å². The van der Waals surface area contributed by atoms with Crippen molar-refractivity contribution >= 4 is 88.3 Å². The molecule has 1 aliphatic heterocycles. The van der Waals surface area contributed by atoms with E-state index in [1.165, 1.54) is 6.33 Å². The zero-order chi connectivity index (χ0) is 64.8. The highest BCUT2D eigenvalue weighted by Crippen LogP contribution is 2.52. The second-order valence-electron chi connectivity index (χ2n) is 23.0. The van der Waals surface area contributed by atoms with Gasteiger partial charge in [-0.25, -0.2) is 24.6 Å². The molecule has 1 aliphatic rings. The molecule has 1 saturated heterocycles. The van der Waals surface area contributed by atoms with Gasteiger partial charge >= 0.3 is 0 Å². The van der Waals surface area contributed by atoms with Crippen molar-refractivity contribution in [3.63, 3.8) is 0 Å². The predicted octanol–water partition coefficient (Wildman–Crippen LogP) is 17.0. The zero-order valence-corrected chi connectivity index (χ0v) is 56.5. The lowest BCUT2D eigenvalue weighted by Gasteiger charge is -2.39. The van der Waals surface area contributed by atoms with Gasteiger partial charge in [-0.1, -0.05) is 151 Å². The zero-order valence-electron chi connectivity index (χ0n) is 53.2. The van der Waals surface area contributed by atoms with Crippen LogP contribution in [0.3, 0.4) is 0 Å². The monoisotopic (exact) mass is 1320 g/mol. The molecule has 0 saturated carbocycles. The van der Waals surface area contributed by atoms with Crippen LogP contribution in [0.4, 0.5) is 5.82 Å². The van der Waals surface area contributed by atoms with Gasteiger partial charge in [-0.2, -0.15) is 5.26 Å². The molecule has 10 aromatic rings. The number of anilines is 1. The van der Waals surface area contributed by atoms with Gasteiger partial charge in [0.05, 0.1) is 70.1 Å². The number of thioether (sulfide) groups is 2. The number of carbonyl (C=O) groups excluding carboxylic acids is 1. The fraction of sp³-hybridized carbons (Fsp3) is 0.315. The minimum Gasteiger partial charge on any atom is -0.497 e. The molecule has 16 nitrogen and oxygen atoms in total. The van der Waals surface area contributed by atoms with E-state index in [2.05, 4.69) is 68.0 Å². The molecule has 0 bridgehead atoms. The highest BCUT2D eigenvalue weighted by Gasteiger charge is 2.46. The van der Waals surface area contributed by atoms with E-state index in [-0.39, 0.29) is 43.4 Å². The van der Waals surface area contributed by atoms with Crippen LogP contribution in [0.1, 0.15) is 99.8 Å². The number of rotatable bonds is 30. The highest BCUT2D eigenvalue weighted by molar-refractivity contribution is 7.99. The molecule has 3 aromatic heterocycles. The molecule has 0 radical (unpaired) electrons. The molecule has 1 N–H and O–H groups in total. The van der Waals surface area contributed by atoms with Gasteiger partial charge < -0.3 is 38.0 Å². The quantitative estimate of drug-likeness (QED) is 0.0148. The number of fused-ring (bicyclic) bond motifs is 3. The Kier molecular flexibility index (Phi) is 22.6. The maximum Gasteiger partial charge on any atom is 0.259 e. The Bertz CT molecular complexity index is 4060. The number of hydrogen-bond donors (Lipinski definition) is 1. The summed E-state index contributed by atoms with van der Waals surface area (Å²) < 4.78 is 50.3. The molecule has 0 spiro atoms. The van der Waals surface area contributed by atoms with E-state index in [4.69, 9.17) is 64.3 Å². The summed E-state index contributed by atoms with van der Waals surface area (Å²) >= 11 is 9.93. The summed E-state index contributed by atoms with van der Waals surface area (Å²) in [6.07, 6.45) is 2.68. The van der Waals surface area contributed by atoms with E-state index in [9.17, 15) is 10.1 Å². The smallest absolute Gasteiger partial charge is 0.259 e. The minimum atomic E-state index is -1.77. The minimum absolute atomic E-state index is 0.0226. The van der Waals surface area contributed by atoms with Crippen LogP contribution in [-0.4, -0.2) is 105 Å². The van der Waals surface area contributed by atoms with Crippen molar-refractivity contribution in [3.05, 3.63) is 215 Å². The molecular formula is C73H76ClN8O8PS2. The number of ether oxygens (including phenoxy) is 5. The van der Waals surface area contributed by atoms with Crippen molar-refractivity contribution in [2.24, 2.45) is 0 Å². The number of hydrogen-bond acceptors (Lipinski definition) is 16. The molecule has 480 valence electrons. The normalized spacial score (nSPS) is 15.4. The molecule has 2 unspecified atom stereocenters. The molecule has 7 aromatic carbocycles. The maximum atomic E-state index is 14.9. The number of halogens is 1. The van der Waals surface area contributed by atoms with Gasteiger partial charge in [0.2, 0.25) is 5.91 Å². The first kappa shape index (κ1) is 66.8. The number of methoxy groups -OCH3 is 3. The molecule has 4 atom stereocenters. The Morgan fingerprint density at radius 3 is 1.89 bits per heavy atom. The molecule has 20 heteroatoms. The van der Waals surface area contributed by atoms with Crippen molar-refractivity contribution in [2.45, 2.75) is 112 Å². The summed E-state index contributed by atoms with van der Waals surface area (Å²) in [5.74, 6) is 3.09. The summed E-state index contributed by atoms with van der Waals surface area (Å²) in [6.45, 7) is 8.70. The van der Waals surface area contributed by atoms with Gasteiger partial charge in [-0.3, -0.25) is 9.36 Å². The number of benzene rings is 7. The maximum absolute atomic E-state index is 14.9. The number of amides is 1. The van der Waals surface area contributed by atoms with E-state index in [1.54, 1.807) is 33.1 Å². The Morgan fingerprint density at radius 2 is 1.29 bits per heavy atom. The first-order valence-corrected chi connectivity index (χ1v) is 34.7. The summed E-state index contributed by atoms with van der Waals surface area (Å²) in [4.78, 5) is 36.1. The number of aromatic nitrogens is 5. The standard InChI is InChI=1S/C73H76ClN8O8PS2/c1-48(2)82(49(3)4)91(88-40-20-39-75)90-63-45-65(89-64(63)46-87-73(52-25-16-10-17-26-52,53-27-32-56(84-5)33-28-53)54-29-34-57(85-6)35-30-54)81-70-67(69(76-47-77-70)80-71(83)66(50-21-12-8-13-22-50)51-23-14-9-15-24-51)79-72(81)93-42-19-11-18-41-92-68-59-37-31-55(74)43-61(59)78-62-44-58(86-7)36-38-60(62)68/h8-10,12-17,21-38,43-44,47-49,63-66H,11,18-20,40-42,45-46H2,1-7H3,(H,76,77,80,83)/t63-,64+,65?,91?/m0/s1. The van der Waals surface area contributed by atoms with Crippen molar-refractivity contribution in [3.8, 4) is 23.3 Å². The summed E-state index contributed by atoms with van der Waals surface area (Å²) in [5, 5.41) is 16.4. The van der Waals surface area contributed by atoms with Crippen molar-refractivity contribution in [1.82, 2.24) is 29.2 Å². The average Bonchev–Trinajstić information content (AvgIpc) is 1.76. The molecule has 1 fully saturated rings. The molecule has 4 heterocycles. The number of carbonyl (C=O) groups is 1. The van der Waals surface area contributed by atoms with Gasteiger partial charge in [-0.05, 0) is 123 Å². The van der Waals surface area contributed by atoms with Gasteiger partial charge in [-0.15, -0.1) is 11.8 Å². The molecular weight excluding hydrogens is 1250 g/mol. The van der Waals surface area contributed by atoms with Gasteiger partial charge in [0, 0.05) is 51.0 Å². The summed E-state index contributed by atoms with van der Waals surface area (Å²) in [7, 11) is 3.20. The second-order valence-corrected chi connectivity index (χ2v) is 27.0. The van der Waals surface area contributed by atoms with Crippen LogP contribution < -0.4 is 19.5 Å². The lowest BCUT2D eigenvalue weighted by molar-refractivity contribution is -0.116. The van der Waals surface area contributed by atoms with Crippen LogP contribution in [0, 0.1) is 11.3 Å². The van der Waals surface area contributed by atoms with Crippen LogP contribution >= 0.6 is 43.7 Å².